The monoisotopic (exact) mass is 278 g/mol. The van der Waals surface area contributed by atoms with Crippen molar-refractivity contribution in [3.8, 4) is 0 Å². The van der Waals surface area contributed by atoms with E-state index in [9.17, 15) is 18.3 Å². The molecule has 108 valence electrons. The molecule has 0 saturated heterocycles. The number of rotatable bonds is 5. The van der Waals surface area contributed by atoms with Gasteiger partial charge in [0.1, 0.15) is 11.6 Å². The summed E-state index contributed by atoms with van der Waals surface area (Å²) in [6, 6.07) is 1.68. The lowest BCUT2D eigenvalue weighted by molar-refractivity contribution is -0.137. The summed E-state index contributed by atoms with van der Waals surface area (Å²) >= 11 is 0. The second kappa shape index (κ2) is 6.07. The highest BCUT2D eigenvalue weighted by Crippen LogP contribution is 2.31. The van der Waals surface area contributed by atoms with Crippen LogP contribution >= 0.6 is 0 Å². The standard InChI is InChI=1S/C11H17F3N4O/c1-6(2)8(19)5-16-9-3-7(11(12,13)14)4-10(17-9)18-15/h3-4,6,8,19H,5,15H2,1-2H3,(H2,16,17,18). The van der Waals surface area contributed by atoms with Crippen LogP contribution in [0.2, 0.25) is 0 Å². The van der Waals surface area contributed by atoms with Gasteiger partial charge in [-0.3, -0.25) is 0 Å². The Kier molecular flexibility index (Phi) is 4.96. The average molecular weight is 278 g/mol. The molecular formula is C11H17F3N4O. The van der Waals surface area contributed by atoms with Gasteiger partial charge in [-0.2, -0.15) is 13.2 Å². The van der Waals surface area contributed by atoms with Crippen molar-refractivity contribution in [1.29, 1.82) is 0 Å². The number of nitrogens with zero attached hydrogens (tertiary/aromatic N) is 1. The van der Waals surface area contributed by atoms with Gasteiger partial charge in [-0.05, 0) is 18.1 Å². The molecule has 0 spiro atoms. The van der Waals surface area contributed by atoms with E-state index in [-0.39, 0.29) is 24.1 Å². The highest BCUT2D eigenvalue weighted by atomic mass is 19.4. The van der Waals surface area contributed by atoms with E-state index >= 15 is 0 Å². The van der Waals surface area contributed by atoms with Crippen molar-refractivity contribution < 1.29 is 18.3 Å². The van der Waals surface area contributed by atoms with E-state index in [0.717, 1.165) is 12.1 Å². The molecule has 0 aliphatic rings. The number of alkyl halides is 3. The molecule has 5 N–H and O–H groups in total. The van der Waals surface area contributed by atoms with Gasteiger partial charge in [0.2, 0.25) is 0 Å². The number of aromatic nitrogens is 1. The van der Waals surface area contributed by atoms with Crippen LogP contribution in [-0.2, 0) is 6.18 Å². The molecule has 1 heterocycles. The molecule has 0 amide bonds. The maximum atomic E-state index is 12.6. The van der Waals surface area contributed by atoms with E-state index in [4.69, 9.17) is 5.84 Å². The lowest BCUT2D eigenvalue weighted by atomic mass is 10.1. The van der Waals surface area contributed by atoms with Crippen molar-refractivity contribution in [1.82, 2.24) is 4.98 Å². The molecule has 8 heteroatoms. The average Bonchev–Trinajstić information content (AvgIpc) is 2.34. The van der Waals surface area contributed by atoms with Crippen LogP contribution in [0.1, 0.15) is 19.4 Å². The van der Waals surface area contributed by atoms with Crippen LogP contribution in [0.25, 0.3) is 0 Å². The Hall–Kier alpha value is -1.54. The van der Waals surface area contributed by atoms with Crippen molar-refractivity contribution in [2.45, 2.75) is 26.1 Å². The summed E-state index contributed by atoms with van der Waals surface area (Å²) in [5.74, 6) is 4.97. The number of hydrogen-bond acceptors (Lipinski definition) is 5. The first-order chi connectivity index (χ1) is 8.74. The number of pyridine rings is 1. The minimum absolute atomic E-state index is 0.00229. The fraction of sp³-hybridized carbons (Fsp3) is 0.545. The number of hydrazine groups is 1. The van der Waals surface area contributed by atoms with Crippen molar-refractivity contribution in [3.63, 3.8) is 0 Å². The lowest BCUT2D eigenvalue weighted by Gasteiger charge is -2.17. The van der Waals surface area contributed by atoms with Crippen LogP contribution in [0, 0.1) is 5.92 Å². The minimum atomic E-state index is -4.48. The summed E-state index contributed by atoms with van der Waals surface area (Å²) < 4.78 is 37.9. The topological polar surface area (TPSA) is 83.2 Å². The van der Waals surface area contributed by atoms with E-state index in [1.54, 1.807) is 13.8 Å². The zero-order valence-corrected chi connectivity index (χ0v) is 10.6. The molecular weight excluding hydrogens is 261 g/mol. The van der Waals surface area contributed by atoms with E-state index in [2.05, 4.69) is 15.7 Å². The van der Waals surface area contributed by atoms with Gasteiger partial charge in [-0.15, -0.1) is 0 Å². The summed E-state index contributed by atoms with van der Waals surface area (Å²) in [7, 11) is 0. The SMILES string of the molecule is CC(C)C(O)CNc1cc(C(F)(F)F)cc(NN)n1. The van der Waals surface area contributed by atoms with Gasteiger partial charge >= 0.3 is 6.18 Å². The molecule has 0 radical (unpaired) electrons. The fourth-order valence-corrected chi connectivity index (χ4v) is 1.30. The number of nitrogens with one attached hydrogen (secondary N) is 2. The summed E-state index contributed by atoms with van der Waals surface area (Å²) in [5, 5.41) is 12.2. The van der Waals surface area contributed by atoms with Gasteiger partial charge < -0.3 is 15.8 Å². The largest absolute Gasteiger partial charge is 0.416 e. The number of aliphatic hydroxyl groups excluding tert-OH is 1. The number of hydrogen-bond donors (Lipinski definition) is 4. The molecule has 0 aromatic carbocycles. The third-order valence-corrected chi connectivity index (χ3v) is 2.56. The number of anilines is 2. The summed E-state index contributed by atoms with van der Waals surface area (Å²) in [4.78, 5) is 3.84. The van der Waals surface area contributed by atoms with Crippen LogP contribution in [-0.4, -0.2) is 22.7 Å². The Labute approximate surface area is 109 Å². The third kappa shape index (κ3) is 4.56. The smallest absolute Gasteiger partial charge is 0.391 e. The molecule has 5 nitrogen and oxygen atoms in total. The second-order valence-corrected chi connectivity index (χ2v) is 4.46. The first-order valence-corrected chi connectivity index (χ1v) is 5.72. The van der Waals surface area contributed by atoms with Crippen LogP contribution in [0.3, 0.4) is 0 Å². The Morgan fingerprint density at radius 1 is 1.32 bits per heavy atom. The molecule has 1 aromatic rings. The molecule has 1 rings (SSSR count). The maximum Gasteiger partial charge on any atom is 0.416 e. The zero-order chi connectivity index (χ0) is 14.6. The molecule has 0 bridgehead atoms. The second-order valence-electron chi connectivity index (χ2n) is 4.46. The summed E-state index contributed by atoms with van der Waals surface area (Å²) in [6.45, 7) is 3.72. The van der Waals surface area contributed by atoms with Crippen molar-refractivity contribution in [2.24, 2.45) is 11.8 Å². The van der Waals surface area contributed by atoms with Gasteiger partial charge in [-0.25, -0.2) is 10.8 Å². The predicted molar refractivity (Wildman–Crippen MR) is 66.4 cm³/mol. The number of nitrogen functional groups attached to an aromatic ring is 1. The van der Waals surface area contributed by atoms with Crippen molar-refractivity contribution in [2.75, 3.05) is 17.3 Å². The number of nitrogens with two attached hydrogens (primary N) is 1. The third-order valence-electron chi connectivity index (χ3n) is 2.56. The van der Waals surface area contributed by atoms with Gasteiger partial charge in [0.05, 0.1) is 11.7 Å². The van der Waals surface area contributed by atoms with E-state index in [0.29, 0.717) is 0 Å². The van der Waals surface area contributed by atoms with E-state index in [1.807, 2.05) is 0 Å². The first kappa shape index (κ1) is 15.5. The maximum absolute atomic E-state index is 12.6. The number of aliphatic hydroxyl groups is 1. The fourth-order valence-electron chi connectivity index (χ4n) is 1.30. The lowest BCUT2D eigenvalue weighted by Crippen LogP contribution is -2.25. The van der Waals surface area contributed by atoms with E-state index < -0.39 is 17.8 Å². The van der Waals surface area contributed by atoms with Gasteiger partial charge in [-0.1, -0.05) is 13.8 Å². The summed E-state index contributed by atoms with van der Waals surface area (Å²) in [5.41, 5.74) is 1.21. The van der Waals surface area contributed by atoms with Crippen LogP contribution in [0.15, 0.2) is 12.1 Å². The van der Waals surface area contributed by atoms with Crippen LogP contribution < -0.4 is 16.6 Å². The Balaban J connectivity index is 2.89. The molecule has 19 heavy (non-hydrogen) atoms. The van der Waals surface area contributed by atoms with Crippen molar-refractivity contribution in [3.05, 3.63) is 17.7 Å². The molecule has 0 aliphatic heterocycles. The normalized spacial score (nSPS) is 13.5. The number of halogens is 3. The Morgan fingerprint density at radius 2 is 1.89 bits per heavy atom. The highest BCUT2D eigenvalue weighted by molar-refractivity contribution is 5.49. The quantitative estimate of drug-likeness (QED) is 0.488. The zero-order valence-electron chi connectivity index (χ0n) is 10.6. The Morgan fingerprint density at radius 3 is 2.37 bits per heavy atom. The summed E-state index contributed by atoms with van der Waals surface area (Å²) in [6.07, 6.45) is -5.16. The predicted octanol–water partition coefficient (Wildman–Crippen LogP) is 1.81. The Bertz CT molecular complexity index is 423. The minimum Gasteiger partial charge on any atom is -0.391 e. The van der Waals surface area contributed by atoms with Gasteiger partial charge in [0.15, 0.2) is 0 Å². The van der Waals surface area contributed by atoms with Gasteiger partial charge in [0.25, 0.3) is 0 Å². The van der Waals surface area contributed by atoms with Crippen molar-refractivity contribution >= 4 is 11.6 Å². The van der Waals surface area contributed by atoms with Crippen LogP contribution in [0.4, 0.5) is 24.8 Å². The first-order valence-electron chi connectivity index (χ1n) is 5.72. The molecule has 1 aromatic heterocycles. The van der Waals surface area contributed by atoms with Crippen LogP contribution in [0.5, 0.6) is 0 Å². The molecule has 1 unspecified atom stereocenters. The molecule has 0 saturated carbocycles. The molecule has 0 fully saturated rings. The molecule has 0 aliphatic carbocycles. The highest BCUT2D eigenvalue weighted by Gasteiger charge is 2.31. The molecule has 1 atom stereocenters. The van der Waals surface area contributed by atoms with Gasteiger partial charge in [0, 0.05) is 6.54 Å². The van der Waals surface area contributed by atoms with E-state index in [1.165, 1.54) is 0 Å².